The SMILES string of the molecule is C=C(Nc1[nH]c(=O)c(C(=O)Nc2cc(C(=O)NC(CN)C3CCCCC3)ccc2Cl)cc1C=N)OC. The van der Waals surface area contributed by atoms with Crippen LogP contribution in [0, 0.1) is 11.3 Å². The molecule has 1 heterocycles. The van der Waals surface area contributed by atoms with Gasteiger partial charge in [-0.15, -0.1) is 0 Å². The van der Waals surface area contributed by atoms with Crippen LogP contribution in [0.1, 0.15) is 58.4 Å². The lowest BCUT2D eigenvalue weighted by molar-refractivity contribution is 0.0914. The summed E-state index contributed by atoms with van der Waals surface area (Å²) in [5, 5.41) is 16.1. The van der Waals surface area contributed by atoms with Gasteiger partial charge in [-0.3, -0.25) is 14.4 Å². The van der Waals surface area contributed by atoms with E-state index in [1.165, 1.54) is 31.7 Å². The molecule has 1 aromatic carbocycles. The second-order valence-corrected chi connectivity index (χ2v) is 9.01. The fraction of sp³-hybridized carbons (Fsp3) is 0.360. The molecule has 1 atom stereocenters. The van der Waals surface area contributed by atoms with Gasteiger partial charge in [-0.2, -0.15) is 0 Å². The molecule has 1 aromatic heterocycles. The summed E-state index contributed by atoms with van der Waals surface area (Å²) in [6, 6.07) is 5.64. The van der Waals surface area contributed by atoms with Crippen molar-refractivity contribution in [3.63, 3.8) is 0 Å². The summed E-state index contributed by atoms with van der Waals surface area (Å²) in [5.41, 5.74) is 5.70. The van der Waals surface area contributed by atoms with E-state index in [0.717, 1.165) is 31.9 Å². The fourth-order valence-corrected chi connectivity index (χ4v) is 4.40. The predicted molar refractivity (Wildman–Crippen MR) is 141 cm³/mol. The first kappa shape index (κ1) is 27.0. The van der Waals surface area contributed by atoms with Gasteiger partial charge in [-0.25, -0.2) is 0 Å². The third-order valence-corrected chi connectivity index (χ3v) is 6.58. The van der Waals surface area contributed by atoms with Crippen molar-refractivity contribution < 1.29 is 14.3 Å². The summed E-state index contributed by atoms with van der Waals surface area (Å²) in [6.07, 6.45) is 6.49. The minimum atomic E-state index is -0.752. The molecule has 2 aromatic rings. The van der Waals surface area contributed by atoms with Gasteiger partial charge in [0.05, 0.1) is 17.8 Å². The third-order valence-electron chi connectivity index (χ3n) is 6.25. The lowest BCUT2D eigenvalue weighted by atomic mass is 9.84. The topological polar surface area (TPSA) is 162 Å². The molecule has 11 heteroatoms. The second kappa shape index (κ2) is 12.4. The van der Waals surface area contributed by atoms with E-state index in [1.54, 1.807) is 6.07 Å². The molecule has 1 aliphatic carbocycles. The number of hydrogen-bond donors (Lipinski definition) is 6. The fourth-order valence-electron chi connectivity index (χ4n) is 4.23. The lowest BCUT2D eigenvalue weighted by Crippen LogP contribution is -2.45. The van der Waals surface area contributed by atoms with E-state index in [2.05, 4.69) is 27.5 Å². The van der Waals surface area contributed by atoms with Crippen molar-refractivity contribution >= 4 is 41.1 Å². The number of amides is 2. The number of halogens is 1. The van der Waals surface area contributed by atoms with E-state index in [-0.39, 0.29) is 45.5 Å². The van der Waals surface area contributed by atoms with Crippen LogP contribution in [0.5, 0.6) is 0 Å². The standard InChI is InChI=1S/C25H31ClN6O4/c1-14(36-2)29-22-17(12-27)10-18(25(35)32-22)24(34)30-20-11-16(8-9-19(20)26)23(33)31-21(13-28)15-6-4-3-5-7-15/h8-12,15,21,27H,1,3-7,13,28H2,2H3,(H,30,34)(H,31,33)(H2,29,32,35). The van der Waals surface area contributed by atoms with Crippen molar-refractivity contribution in [2.45, 2.75) is 38.1 Å². The van der Waals surface area contributed by atoms with Gasteiger partial charge in [0.1, 0.15) is 11.4 Å². The van der Waals surface area contributed by atoms with Gasteiger partial charge in [0, 0.05) is 29.9 Å². The molecular formula is C25H31ClN6O4. The van der Waals surface area contributed by atoms with Crippen LogP contribution in [-0.4, -0.2) is 42.7 Å². The average molecular weight is 515 g/mol. The summed E-state index contributed by atoms with van der Waals surface area (Å²) in [7, 11) is 1.39. The number of rotatable bonds is 10. The molecule has 0 radical (unpaired) electrons. The van der Waals surface area contributed by atoms with Gasteiger partial charge in [0.25, 0.3) is 17.4 Å². The summed E-state index contributed by atoms with van der Waals surface area (Å²) >= 11 is 6.26. The summed E-state index contributed by atoms with van der Waals surface area (Å²) in [5.74, 6) is -0.429. The molecule has 10 nitrogen and oxygen atoms in total. The molecule has 0 saturated heterocycles. The number of pyridine rings is 1. The zero-order chi connectivity index (χ0) is 26.2. The molecule has 1 saturated carbocycles. The van der Waals surface area contributed by atoms with E-state index in [9.17, 15) is 14.4 Å². The Hall–Kier alpha value is -3.63. The average Bonchev–Trinajstić information content (AvgIpc) is 2.88. The van der Waals surface area contributed by atoms with Crippen LogP contribution in [0.25, 0.3) is 0 Å². The maximum atomic E-state index is 12.9. The molecule has 1 aliphatic rings. The third kappa shape index (κ3) is 6.52. The summed E-state index contributed by atoms with van der Waals surface area (Å²) in [6.45, 7) is 3.95. The molecule has 0 aliphatic heterocycles. The van der Waals surface area contributed by atoms with Crippen molar-refractivity contribution in [3.8, 4) is 0 Å². The highest BCUT2D eigenvalue weighted by molar-refractivity contribution is 6.34. The number of aromatic amines is 1. The number of anilines is 2. The Morgan fingerprint density at radius 1 is 1.25 bits per heavy atom. The van der Waals surface area contributed by atoms with Gasteiger partial charge in [0.15, 0.2) is 5.88 Å². The quantitative estimate of drug-likeness (QED) is 0.210. The van der Waals surface area contributed by atoms with Crippen LogP contribution >= 0.6 is 11.6 Å². The molecule has 36 heavy (non-hydrogen) atoms. The molecule has 2 amide bonds. The molecular weight excluding hydrogens is 484 g/mol. The van der Waals surface area contributed by atoms with E-state index in [1.807, 2.05) is 0 Å². The largest absolute Gasteiger partial charge is 0.483 e. The number of aromatic nitrogens is 1. The number of nitrogens with two attached hydrogens (primary N) is 1. The Morgan fingerprint density at radius 3 is 2.61 bits per heavy atom. The molecule has 0 bridgehead atoms. The van der Waals surface area contributed by atoms with Crippen LogP contribution in [0.2, 0.25) is 5.02 Å². The van der Waals surface area contributed by atoms with Crippen LogP contribution in [-0.2, 0) is 4.74 Å². The molecule has 192 valence electrons. The molecule has 1 unspecified atom stereocenters. The smallest absolute Gasteiger partial charge is 0.262 e. The van der Waals surface area contributed by atoms with Crippen LogP contribution in [0.4, 0.5) is 11.5 Å². The number of carbonyl (C=O) groups is 2. The molecule has 0 spiro atoms. The Bertz CT molecular complexity index is 1210. The Kier molecular flexibility index (Phi) is 9.26. The van der Waals surface area contributed by atoms with Gasteiger partial charge < -0.3 is 36.8 Å². The van der Waals surface area contributed by atoms with E-state index >= 15 is 0 Å². The highest BCUT2D eigenvalue weighted by atomic mass is 35.5. The number of H-pyrrole nitrogens is 1. The van der Waals surface area contributed by atoms with Gasteiger partial charge >= 0.3 is 0 Å². The number of nitrogens with one attached hydrogen (secondary N) is 5. The van der Waals surface area contributed by atoms with E-state index in [4.69, 9.17) is 27.5 Å². The van der Waals surface area contributed by atoms with Crippen molar-refractivity contribution in [2.75, 3.05) is 24.3 Å². The van der Waals surface area contributed by atoms with E-state index in [0.29, 0.717) is 18.0 Å². The Balaban J connectivity index is 1.79. The maximum absolute atomic E-state index is 12.9. The van der Waals surface area contributed by atoms with Crippen molar-refractivity contribution in [3.05, 3.63) is 68.8 Å². The molecule has 7 N–H and O–H groups in total. The zero-order valence-corrected chi connectivity index (χ0v) is 20.8. The van der Waals surface area contributed by atoms with Gasteiger partial charge in [-0.05, 0) is 49.6 Å². The first-order valence-corrected chi connectivity index (χ1v) is 12.0. The number of hydrogen-bond acceptors (Lipinski definition) is 7. The van der Waals surface area contributed by atoms with Crippen molar-refractivity contribution in [2.24, 2.45) is 11.7 Å². The zero-order valence-electron chi connectivity index (χ0n) is 20.1. The Morgan fingerprint density at radius 2 is 1.97 bits per heavy atom. The first-order chi connectivity index (χ1) is 17.3. The lowest BCUT2D eigenvalue weighted by Gasteiger charge is -2.30. The minimum Gasteiger partial charge on any atom is -0.483 e. The van der Waals surface area contributed by atoms with E-state index < -0.39 is 11.5 Å². The van der Waals surface area contributed by atoms with Gasteiger partial charge in [0.2, 0.25) is 0 Å². The first-order valence-electron chi connectivity index (χ1n) is 11.7. The van der Waals surface area contributed by atoms with Crippen molar-refractivity contribution in [1.29, 1.82) is 5.41 Å². The number of ether oxygens (including phenoxy) is 1. The summed E-state index contributed by atoms with van der Waals surface area (Å²) < 4.78 is 4.92. The monoisotopic (exact) mass is 514 g/mol. The highest BCUT2D eigenvalue weighted by Gasteiger charge is 2.25. The second-order valence-electron chi connectivity index (χ2n) is 8.60. The summed E-state index contributed by atoms with van der Waals surface area (Å²) in [4.78, 5) is 40.9. The highest BCUT2D eigenvalue weighted by Crippen LogP contribution is 2.27. The maximum Gasteiger partial charge on any atom is 0.262 e. The predicted octanol–water partition coefficient (Wildman–Crippen LogP) is 3.45. The number of benzene rings is 1. The number of carbonyl (C=O) groups excluding carboxylic acids is 2. The number of methoxy groups -OCH3 is 1. The van der Waals surface area contributed by atoms with Crippen LogP contribution in [0.15, 0.2) is 41.5 Å². The molecule has 1 fully saturated rings. The van der Waals surface area contributed by atoms with Gasteiger partial charge in [-0.1, -0.05) is 30.9 Å². The van der Waals surface area contributed by atoms with Crippen LogP contribution in [0.3, 0.4) is 0 Å². The van der Waals surface area contributed by atoms with Crippen LogP contribution < -0.4 is 27.2 Å². The van der Waals surface area contributed by atoms with Crippen molar-refractivity contribution in [1.82, 2.24) is 10.3 Å². The Labute approximate surface area is 214 Å². The minimum absolute atomic E-state index is 0.133. The molecule has 3 rings (SSSR count). The normalized spacial score (nSPS) is 14.4.